The molecule has 0 amide bonds. The van der Waals surface area contributed by atoms with E-state index in [0.717, 1.165) is 5.46 Å². The van der Waals surface area contributed by atoms with Gasteiger partial charge in [0.2, 0.25) is 0 Å². The minimum absolute atomic E-state index is 0.427. The molecule has 0 aliphatic rings. The highest BCUT2D eigenvalue weighted by Crippen LogP contribution is 2.37. The summed E-state index contributed by atoms with van der Waals surface area (Å²) in [7, 11) is 0.427. The third kappa shape index (κ3) is 3.82. The second-order valence-electron chi connectivity index (χ2n) is 9.86. The molecule has 0 aliphatic carbocycles. The Bertz CT molecular complexity index is 1420. The molecule has 0 saturated heterocycles. The summed E-state index contributed by atoms with van der Waals surface area (Å²) in [5.41, 5.74) is 1.97. The van der Waals surface area contributed by atoms with Gasteiger partial charge in [-0.3, -0.25) is 0 Å². The third-order valence-corrected chi connectivity index (χ3v) is 7.13. The number of benzene rings is 5. The van der Waals surface area contributed by atoms with E-state index in [1.807, 2.05) is 13.8 Å². The molecular weight excluding hydrogens is 403 g/mol. The molecule has 0 unspecified atom stereocenters. The number of fused-ring (bicyclic) bond motifs is 3. The molecule has 5 aromatic carbocycles. The van der Waals surface area contributed by atoms with Crippen LogP contribution < -0.4 is 5.46 Å². The first-order valence-corrected chi connectivity index (χ1v) is 11.5. The van der Waals surface area contributed by atoms with Gasteiger partial charge in [-0.1, -0.05) is 84.9 Å². The van der Waals surface area contributed by atoms with Crippen molar-refractivity contribution < 1.29 is 9.76 Å². The van der Waals surface area contributed by atoms with Crippen molar-refractivity contribution in [1.29, 1.82) is 0 Å². The van der Waals surface area contributed by atoms with Crippen LogP contribution in [0.25, 0.3) is 43.4 Å². The van der Waals surface area contributed by atoms with Crippen LogP contribution in [0, 0.1) is 0 Å². The Morgan fingerprint density at radius 1 is 0.636 bits per heavy atom. The van der Waals surface area contributed by atoms with Gasteiger partial charge in [0, 0.05) is 0 Å². The summed E-state index contributed by atoms with van der Waals surface area (Å²) in [6.45, 7) is 7.49. The second kappa shape index (κ2) is 8.02. The molecule has 0 fully saturated rings. The molecule has 0 heterocycles. The lowest BCUT2D eigenvalue weighted by atomic mass is 9.75. The molecule has 0 bridgehead atoms. The normalized spacial score (nSPS) is 12.5. The fraction of sp³-hybridized carbons (Fsp3) is 0.200. The Labute approximate surface area is 196 Å². The van der Waals surface area contributed by atoms with Crippen molar-refractivity contribution in [3.63, 3.8) is 0 Å². The van der Waals surface area contributed by atoms with E-state index in [4.69, 9.17) is 4.65 Å². The first-order chi connectivity index (χ1) is 15.8. The molecule has 0 atom stereocenters. The summed E-state index contributed by atoms with van der Waals surface area (Å²) in [5.74, 6) is 0. The minimum Gasteiger partial charge on any atom is -0.427 e. The van der Waals surface area contributed by atoms with Crippen molar-refractivity contribution in [2.24, 2.45) is 0 Å². The van der Waals surface area contributed by atoms with Crippen molar-refractivity contribution in [2.45, 2.75) is 38.9 Å². The van der Waals surface area contributed by atoms with E-state index in [1.54, 1.807) is 13.8 Å². The van der Waals surface area contributed by atoms with Crippen LogP contribution in [0.15, 0.2) is 91.0 Å². The Morgan fingerprint density at radius 3 is 1.73 bits per heavy atom. The summed E-state index contributed by atoms with van der Waals surface area (Å²) in [6.07, 6.45) is 0. The van der Waals surface area contributed by atoms with Gasteiger partial charge in [-0.2, -0.15) is 0 Å². The summed E-state index contributed by atoms with van der Waals surface area (Å²) in [6, 6.07) is 32.4. The largest absolute Gasteiger partial charge is 0.427 e. The maximum atomic E-state index is 10.6. The molecule has 5 aromatic rings. The van der Waals surface area contributed by atoms with Gasteiger partial charge in [-0.25, -0.2) is 0 Å². The molecule has 164 valence electrons. The van der Waals surface area contributed by atoms with Crippen LogP contribution in [0.3, 0.4) is 0 Å². The number of hydrogen-bond donors (Lipinski definition) is 1. The van der Waals surface area contributed by atoms with E-state index < -0.39 is 11.2 Å². The Kier molecular flexibility index (Phi) is 5.27. The zero-order valence-corrected chi connectivity index (χ0v) is 19.7. The molecule has 3 heteroatoms. The van der Waals surface area contributed by atoms with Gasteiger partial charge in [0.15, 0.2) is 0 Å². The minimum atomic E-state index is -0.955. The molecule has 0 radical (unpaired) electrons. The van der Waals surface area contributed by atoms with Crippen LogP contribution in [-0.2, 0) is 4.65 Å². The van der Waals surface area contributed by atoms with Gasteiger partial charge in [-0.05, 0) is 82.7 Å². The zero-order chi connectivity index (χ0) is 23.2. The molecule has 1 N–H and O–H groups in total. The fourth-order valence-electron chi connectivity index (χ4n) is 4.46. The second-order valence-corrected chi connectivity index (χ2v) is 9.86. The van der Waals surface area contributed by atoms with E-state index in [2.05, 4.69) is 91.0 Å². The molecule has 0 aromatic heterocycles. The monoisotopic (exact) mass is 432 g/mol. The Balaban J connectivity index is 1.76. The van der Waals surface area contributed by atoms with E-state index >= 15 is 0 Å². The van der Waals surface area contributed by atoms with Gasteiger partial charge in [0.05, 0.1) is 11.2 Å². The van der Waals surface area contributed by atoms with Crippen LogP contribution in [0.5, 0.6) is 0 Å². The van der Waals surface area contributed by atoms with Gasteiger partial charge in [0.25, 0.3) is 0 Å². The first kappa shape index (κ1) is 21.7. The average Bonchev–Trinajstić information content (AvgIpc) is 2.80. The lowest BCUT2D eigenvalue weighted by Crippen LogP contribution is -2.49. The van der Waals surface area contributed by atoms with Crippen LogP contribution in [-0.4, -0.2) is 23.8 Å². The maximum absolute atomic E-state index is 10.6. The average molecular weight is 432 g/mol. The third-order valence-electron chi connectivity index (χ3n) is 7.13. The standard InChI is InChI=1S/C30H29BO2/c1-29(2,32)30(3,4)33-31-28-25-15-9-7-13-23(25)27(24-14-8-10-16-26(24)28)22-18-17-20-11-5-6-12-21(20)19-22/h5-19,31-32H,1-4H3. The van der Waals surface area contributed by atoms with Gasteiger partial charge < -0.3 is 9.76 Å². The quantitative estimate of drug-likeness (QED) is 0.259. The van der Waals surface area contributed by atoms with Crippen molar-refractivity contribution >= 4 is 45.3 Å². The van der Waals surface area contributed by atoms with E-state index in [-0.39, 0.29) is 0 Å². The molecule has 33 heavy (non-hydrogen) atoms. The first-order valence-electron chi connectivity index (χ1n) is 11.5. The lowest BCUT2D eigenvalue weighted by Gasteiger charge is -2.37. The number of rotatable bonds is 5. The van der Waals surface area contributed by atoms with Crippen LogP contribution >= 0.6 is 0 Å². The van der Waals surface area contributed by atoms with Crippen molar-refractivity contribution in [1.82, 2.24) is 0 Å². The summed E-state index contributed by atoms with van der Waals surface area (Å²) >= 11 is 0. The lowest BCUT2D eigenvalue weighted by molar-refractivity contribution is -0.0892. The van der Waals surface area contributed by atoms with Crippen molar-refractivity contribution in [3.8, 4) is 11.1 Å². The van der Waals surface area contributed by atoms with E-state index in [1.165, 1.54) is 43.4 Å². The van der Waals surface area contributed by atoms with Gasteiger partial charge in [-0.15, -0.1) is 0 Å². The number of hydrogen-bond acceptors (Lipinski definition) is 2. The van der Waals surface area contributed by atoms with Gasteiger partial charge >= 0.3 is 7.48 Å². The highest BCUT2D eigenvalue weighted by atomic mass is 16.5. The summed E-state index contributed by atoms with van der Waals surface area (Å²) in [5, 5.41) is 17.9. The molecule has 0 saturated carbocycles. The topological polar surface area (TPSA) is 29.5 Å². The van der Waals surface area contributed by atoms with Crippen LogP contribution in [0.1, 0.15) is 27.7 Å². The summed E-state index contributed by atoms with van der Waals surface area (Å²) < 4.78 is 6.35. The Hall–Kier alpha value is -3.14. The van der Waals surface area contributed by atoms with Crippen molar-refractivity contribution in [3.05, 3.63) is 91.0 Å². The predicted molar refractivity (Wildman–Crippen MR) is 143 cm³/mol. The number of aliphatic hydroxyl groups is 1. The highest BCUT2D eigenvalue weighted by molar-refractivity contribution is 6.57. The summed E-state index contributed by atoms with van der Waals surface area (Å²) in [4.78, 5) is 0. The van der Waals surface area contributed by atoms with Crippen LogP contribution in [0.2, 0.25) is 0 Å². The molecule has 5 rings (SSSR count). The predicted octanol–water partition coefficient (Wildman–Crippen LogP) is 6.36. The maximum Gasteiger partial charge on any atom is 0.310 e. The molecule has 0 spiro atoms. The van der Waals surface area contributed by atoms with E-state index in [0.29, 0.717) is 7.48 Å². The fourth-order valence-corrected chi connectivity index (χ4v) is 4.46. The smallest absolute Gasteiger partial charge is 0.310 e. The molecule has 2 nitrogen and oxygen atoms in total. The molecular formula is C30H29BO2. The Morgan fingerprint density at radius 2 is 1.15 bits per heavy atom. The van der Waals surface area contributed by atoms with E-state index in [9.17, 15) is 5.11 Å². The van der Waals surface area contributed by atoms with Crippen LogP contribution in [0.4, 0.5) is 0 Å². The highest BCUT2D eigenvalue weighted by Gasteiger charge is 2.36. The van der Waals surface area contributed by atoms with Crippen molar-refractivity contribution in [2.75, 3.05) is 0 Å². The van der Waals surface area contributed by atoms with Gasteiger partial charge in [0.1, 0.15) is 0 Å². The SMILES string of the molecule is CC(C)(O)C(C)(C)OBc1c2ccccc2c(-c2ccc3ccccc3c2)c2ccccc12. The molecule has 0 aliphatic heterocycles. The zero-order valence-electron chi connectivity index (χ0n) is 19.7.